The van der Waals surface area contributed by atoms with Crippen LogP contribution in [0.15, 0.2) is 42.5 Å². The zero-order valence-corrected chi connectivity index (χ0v) is 11.3. The van der Waals surface area contributed by atoms with Crippen molar-refractivity contribution >= 4 is 11.4 Å². The van der Waals surface area contributed by atoms with Crippen LogP contribution in [0, 0.1) is 11.3 Å². The SMILES string of the molecule is N#Cc1cc(CN)ccc1N1CCCc2ccccc21. The fourth-order valence-electron chi connectivity index (χ4n) is 2.82. The number of para-hydroxylation sites is 1. The summed E-state index contributed by atoms with van der Waals surface area (Å²) < 4.78 is 0. The van der Waals surface area contributed by atoms with E-state index in [1.165, 1.54) is 11.3 Å². The summed E-state index contributed by atoms with van der Waals surface area (Å²) in [5, 5.41) is 9.40. The lowest BCUT2D eigenvalue weighted by Crippen LogP contribution is -2.25. The Kier molecular flexibility index (Phi) is 3.41. The van der Waals surface area contributed by atoms with Crippen molar-refractivity contribution < 1.29 is 0 Å². The Labute approximate surface area is 119 Å². The highest BCUT2D eigenvalue weighted by molar-refractivity contribution is 5.72. The average Bonchev–Trinajstić information content (AvgIpc) is 2.53. The number of nitriles is 1. The van der Waals surface area contributed by atoms with Crippen LogP contribution in [0.25, 0.3) is 0 Å². The summed E-state index contributed by atoms with van der Waals surface area (Å²) in [6, 6.07) is 16.6. The molecule has 1 heterocycles. The maximum absolute atomic E-state index is 9.40. The summed E-state index contributed by atoms with van der Waals surface area (Å²) in [6.07, 6.45) is 2.22. The minimum atomic E-state index is 0.464. The molecule has 0 fully saturated rings. The largest absolute Gasteiger partial charge is 0.340 e. The van der Waals surface area contributed by atoms with E-state index >= 15 is 0 Å². The van der Waals surface area contributed by atoms with E-state index < -0.39 is 0 Å². The number of nitrogens with two attached hydrogens (primary N) is 1. The second-order valence-electron chi connectivity index (χ2n) is 5.05. The van der Waals surface area contributed by atoms with Gasteiger partial charge in [0.1, 0.15) is 6.07 Å². The van der Waals surface area contributed by atoms with Crippen LogP contribution in [-0.2, 0) is 13.0 Å². The van der Waals surface area contributed by atoms with Crippen molar-refractivity contribution in [3.8, 4) is 6.07 Å². The lowest BCUT2D eigenvalue weighted by Gasteiger charge is -2.32. The Morgan fingerprint density at radius 3 is 2.80 bits per heavy atom. The van der Waals surface area contributed by atoms with Gasteiger partial charge in [-0.2, -0.15) is 5.26 Å². The van der Waals surface area contributed by atoms with Crippen molar-refractivity contribution in [3.05, 3.63) is 59.2 Å². The number of anilines is 2. The molecule has 2 aromatic rings. The molecule has 0 radical (unpaired) electrons. The second kappa shape index (κ2) is 5.36. The van der Waals surface area contributed by atoms with E-state index in [1.54, 1.807) is 0 Å². The van der Waals surface area contributed by atoms with Crippen molar-refractivity contribution in [1.29, 1.82) is 5.26 Å². The van der Waals surface area contributed by atoms with Gasteiger partial charge in [-0.15, -0.1) is 0 Å². The number of benzene rings is 2. The predicted molar refractivity (Wildman–Crippen MR) is 80.8 cm³/mol. The fraction of sp³-hybridized carbons (Fsp3) is 0.235. The predicted octanol–water partition coefficient (Wildman–Crippen LogP) is 3.10. The lowest BCUT2D eigenvalue weighted by atomic mass is 9.99. The molecule has 2 N–H and O–H groups in total. The van der Waals surface area contributed by atoms with Gasteiger partial charge >= 0.3 is 0 Å². The standard InChI is InChI=1S/C17H17N3/c18-11-13-7-8-17(15(10-13)12-19)20-9-3-5-14-4-1-2-6-16(14)20/h1-2,4,6-8,10H,3,5,9,11,18H2. The van der Waals surface area contributed by atoms with Crippen LogP contribution in [-0.4, -0.2) is 6.54 Å². The third kappa shape index (κ3) is 2.15. The van der Waals surface area contributed by atoms with Crippen LogP contribution in [0.5, 0.6) is 0 Å². The van der Waals surface area contributed by atoms with Gasteiger partial charge in [0.15, 0.2) is 0 Å². The van der Waals surface area contributed by atoms with Gasteiger partial charge in [-0.3, -0.25) is 0 Å². The van der Waals surface area contributed by atoms with Gasteiger partial charge in [-0.1, -0.05) is 24.3 Å². The van der Waals surface area contributed by atoms with Crippen LogP contribution in [0.3, 0.4) is 0 Å². The fourth-order valence-corrected chi connectivity index (χ4v) is 2.82. The molecular formula is C17H17N3. The molecule has 3 nitrogen and oxygen atoms in total. The molecular weight excluding hydrogens is 246 g/mol. The van der Waals surface area contributed by atoms with Gasteiger partial charge in [0.2, 0.25) is 0 Å². The summed E-state index contributed by atoms with van der Waals surface area (Å²) >= 11 is 0. The third-order valence-corrected chi connectivity index (χ3v) is 3.82. The monoisotopic (exact) mass is 263 g/mol. The van der Waals surface area contributed by atoms with Gasteiger partial charge in [-0.25, -0.2) is 0 Å². The summed E-state index contributed by atoms with van der Waals surface area (Å²) in [6.45, 7) is 1.42. The van der Waals surface area contributed by atoms with Crippen molar-refractivity contribution in [2.24, 2.45) is 5.73 Å². The van der Waals surface area contributed by atoms with E-state index in [0.29, 0.717) is 12.1 Å². The lowest BCUT2D eigenvalue weighted by molar-refractivity contribution is 0.766. The Morgan fingerprint density at radius 1 is 1.15 bits per heavy atom. The molecule has 0 saturated carbocycles. The van der Waals surface area contributed by atoms with Crippen LogP contribution >= 0.6 is 0 Å². The molecule has 3 rings (SSSR count). The number of hydrogen-bond acceptors (Lipinski definition) is 3. The summed E-state index contributed by atoms with van der Waals surface area (Å²) in [5.74, 6) is 0. The number of nitrogens with zero attached hydrogens (tertiary/aromatic N) is 2. The van der Waals surface area contributed by atoms with E-state index in [9.17, 15) is 5.26 Å². The first-order valence-corrected chi connectivity index (χ1v) is 6.92. The zero-order chi connectivity index (χ0) is 13.9. The zero-order valence-electron chi connectivity index (χ0n) is 11.3. The van der Waals surface area contributed by atoms with E-state index in [4.69, 9.17) is 5.73 Å². The first-order valence-electron chi connectivity index (χ1n) is 6.92. The number of fused-ring (bicyclic) bond motifs is 1. The molecule has 100 valence electrons. The van der Waals surface area contributed by atoms with Crippen molar-refractivity contribution in [2.75, 3.05) is 11.4 Å². The topological polar surface area (TPSA) is 53.1 Å². The third-order valence-electron chi connectivity index (χ3n) is 3.82. The van der Waals surface area contributed by atoms with Crippen molar-refractivity contribution in [2.45, 2.75) is 19.4 Å². The Bertz CT molecular complexity index is 670. The first kappa shape index (κ1) is 12.7. The van der Waals surface area contributed by atoms with Gasteiger partial charge in [-0.05, 0) is 42.2 Å². The molecule has 0 unspecified atom stereocenters. The van der Waals surface area contributed by atoms with Crippen LogP contribution < -0.4 is 10.6 Å². The highest BCUT2D eigenvalue weighted by Crippen LogP contribution is 2.35. The smallest absolute Gasteiger partial charge is 0.101 e. The molecule has 3 heteroatoms. The number of rotatable bonds is 2. The van der Waals surface area contributed by atoms with Crippen LogP contribution in [0.4, 0.5) is 11.4 Å². The van der Waals surface area contributed by atoms with E-state index in [-0.39, 0.29) is 0 Å². The summed E-state index contributed by atoms with van der Waals surface area (Å²) in [4.78, 5) is 2.25. The van der Waals surface area contributed by atoms with Gasteiger partial charge in [0, 0.05) is 18.8 Å². The van der Waals surface area contributed by atoms with Crippen molar-refractivity contribution in [3.63, 3.8) is 0 Å². The van der Waals surface area contributed by atoms with Crippen molar-refractivity contribution in [1.82, 2.24) is 0 Å². The molecule has 1 aliphatic rings. The minimum Gasteiger partial charge on any atom is -0.340 e. The molecule has 2 aromatic carbocycles. The molecule has 20 heavy (non-hydrogen) atoms. The quantitative estimate of drug-likeness (QED) is 0.905. The molecule has 0 saturated heterocycles. The molecule has 0 aromatic heterocycles. The maximum atomic E-state index is 9.40. The van der Waals surface area contributed by atoms with Gasteiger partial charge < -0.3 is 10.6 Å². The molecule has 0 bridgehead atoms. The van der Waals surface area contributed by atoms with Gasteiger partial charge in [0.05, 0.1) is 11.3 Å². The molecule has 0 amide bonds. The van der Waals surface area contributed by atoms with E-state index in [2.05, 4.69) is 35.2 Å². The molecule has 0 aliphatic carbocycles. The minimum absolute atomic E-state index is 0.464. The Hall–Kier alpha value is -2.31. The highest BCUT2D eigenvalue weighted by Gasteiger charge is 2.20. The van der Waals surface area contributed by atoms with Crippen LogP contribution in [0.1, 0.15) is 23.1 Å². The number of aryl methyl sites for hydroxylation is 1. The molecule has 0 spiro atoms. The maximum Gasteiger partial charge on any atom is 0.101 e. The second-order valence-corrected chi connectivity index (χ2v) is 5.05. The van der Waals surface area contributed by atoms with E-state index in [0.717, 1.165) is 30.6 Å². The first-order chi connectivity index (χ1) is 9.83. The Balaban J connectivity index is 2.09. The Morgan fingerprint density at radius 2 is 2.00 bits per heavy atom. The average molecular weight is 263 g/mol. The highest BCUT2D eigenvalue weighted by atomic mass is 15.1. The van der Waals surface area contributed by atoms with Gasteiger partial charge in [0.25, 0.3) is 0 Å². The molecule has 1 aliphatic heterocycles. The van der Waals surface area contributed by atoms with Crippen LogP contribution in [0.2, 0.25) is 0 Å². The summed E-state index contributed by atoms with van der Waals surface area (Å²) in [5.41, 5.74) is 10.9. The number of hydrogen-bond donors (Lipinski definition) is 1. The molecule has 0 atom stereocenters. The normalized spacial score (nSPS) is 13.7. The summed E-state index contributed by atoms with van der Waals surface area (Å²) in [7, 11) is 0. The van der Waals surface area contributed by atoms with E-state index in [1.807, 2.05) is 18.2 Å².